The maximum Gasteiger partial charge on any atom is 0.271 e. The summed E-state index contributed by atoms with van der Waals surface area (Å²) < 4.78 is 0. The van der Waals surface area contributed by atoms with E-state index in [-0.39, 0.29) is 5.69 Å². The minimum absolute atomic E-state index is 0.0820. The fourth-order valence-electron chi connectivity index (χ4n) is 2.97. The van der Waals surface area contributed by atoms with Crippen LogP contribution in [0, 0.1) is 21.4 Å². The number of non-ortho nitro benzene ring substituents is 1. The Bertz CT molecular complexity index is 557. The molecule has 1 aromatic carbocycles. The van der Waals surface area contributed by atoms with E-state index in [1.165, 1.54) is 31.4 Å². The lowest BCUT2D eigenvalue weighted by Crippen LogP contribution is -2.28. The van der Waals surface area contributed by atoms with Crippen LogP contribution in [0.4, 0.5) is 11.4 Å². The third-order valence-corrected chi connectivity index (χ3v) is 4.98. The first kappa shape index (κ1) is 16.5. The first-order valence-electron chi connectivity index (χ1n) is 7.98. The van der Waals surface area contributed by atoms with E-state index in [1.807, 2.05) is 0 Å². The lowest BCUT2D eigenvalue weighted by atomic mass is 9.69. The molecule has 5 heteroatoms. The second-order valence-corrected chi connectivity index (χ2v) is 6.71. The molecule has 0 heterocycles. The van der Waals surface area contributed by atoms with Crippen molar-refractivity contribution in [3.8, 4) is 0 Å². The fraction of sp³-hybridized carbons (Fsp3) is 0.588. The molecule has 1 aliphatic carbocycles. The van der Waals surface area contributed by atoms with Gasteiger partial charge in [-0.05, 0) is 43.1 Å². The lowest BCUT2D eigenvalue weighted by Gasteiger charge is -2.36. The van der Waals surface area contributed by atoms with E-state index in [0.717, 1.165) is 24.5 Å². The Hall–Kier alpha value is -1.91. The predicted molar refractivity (Wildman–Crippen MR) is 90.2 cm³/mol. The molecule has 0 unspecified atom stereocenters. The van der Waals surface area contributed by atoms with Crippen LogP contribution in [0.15, 0.2) is 29.4 Å². The summed E-state index contributed by atoms with van der Waals surface area (Å²) in [7, 11) is 0. The van der Waals surface area contributed by atoms with Crippen LogP contribution in [0.1, 0.15) is 52.9 Å². The number of benzene rings is 1. The molecule has 1 saturated carbocycles. The topological polar surface area (TPSA) is 67.5 Å². The first-order valence-corrected chi connectivity index (χ1v) is 7.98. The fourth-order valence-corrected chi connectivity index (χ4v) is 2.97. The molecule has 22 heavy (non-hydrogen) atoms. The van der Waals surface area contributed by atoms with Crippen molar-refractivity contribution in [2.45, 2.75) is 52.9 Å². The number of nitrogens with one attached hydrogen (secondary N) is 1. The summed E-state index contributed by atoms with van der Waals surface area (Å²) in [5.74, 6) is 0.759. The molecule has 0 amide bonds. The number of rotatable bonds is 5. The number of nitrogens with zero attached hydrogens (tertiary/aromatic N) is 2. The van der Waals surface area contributed by atoms with E-state index in [2.05, 4.69) is 31.3 Å². The van der Waals surface area contributed by atoms with Crippen molar-refractivity contribution in [3.05, 3.63) is 34.4 Å². The Balaban J connectivity index is 1.93. The molecule has 0 aromatic heterocycles. The Morgan fingerprint density at radius 1 is 1.36 bits per heavy atom. The number of anilines is 1. The van der Waals surface area contributed by atoms with Crippen LogP contribution >= 0.6 is 0 Å². The van der Waals surface area contributed by atoms with Crippen molar-refractivity contribution >= 4 is 17.1 Å². The number of nitro benzene ring substituents is 1. The summed E-state index contributed by atoms with van der Waals surface area (Å²) in [6, 6.07) is 6.45. The second-order valence-electron chi connectivity index (χ2n) is 6.71. The van der Waals surface area contributed by atoms with Gasteiger partial charge in [-0.25, -0.2) is 0 Å². The Morgan fingerprint density at radius 3 is 2.64 bits per heavy atom. The first-order chi connectivity index (χ1) is 10.4. The standard InChI is InChI=1S/C17H25N3O2/c1-4-17(2,3)13-8-10-14(11-9-13)18-19-15-6-5-7-16(12-15)20(21)22/h5-7,12-13,19H,4,8-11H2,1-3H3. The zero-order valence-electron chi connectivity index (χ0n) is 13.6. The minimum Gasteiger partial charge on any atom is -0.278 e. The van der Waals surface area contributed by atoms with E-state index >= 15 is 0 Å². The van der Waals surface area contributed by atoms with E-state index in [0.29, 0.717) is 11.1 Å². The van der Waals surface area contributed by atoms with Gasteiger partial charge in [-0.3, -0.25) is 15.5 Å². The quantitative estimate of drug-likeness (QED) is 0.615. The van der Waals surface area contributed by atoms with Gasteiger partial charge in [0.1, 0.15) is 0 Å². The number of hydrogen-bond donors (Lipinski definition) is 1. The van der Waals surface area contributed by atoms with Crippen LogP contribution in [0.3, 0.4) is 0 Å². The molecular formula is C17H25N3O2. The van der Waals surface area contributed by atoms with Crippen LogP contribution in [0.5, 0.6) is 0 Å². The van der Waals surface area contributed by atoms with Crippen molar-refractivity contribution < 1.29 is 4.92 Å². The molecule has 1 N–H and O–H groups in total. The summed E-state index contributed by atoms with van der Waals surface area (Å²) in [5.41, 5.74) is 5.27. The van der Waals surface area contributed by atoms with Crippen molar-refractivity contribution in [1.82, 2.24) is 0 Å². The molecule has 1 aromatic rings. The third kappa shape index (κ3) is 4.06. The zero-order valence-corrected chi connectivity index (χ0v) is 13.6. The number of hydrazone groups is 1. The molecule has 0 aliphatic heterocycles. The normalized spacial score (nSPS) is 18.9. The van der Waals surface area contributed by atoms with Gasteiger partial charge in [0.05, 0.1) is 10.6 Å². The Labute approximate surface area is 132 Å². The summed E-state index contributed by atoms with van der Waals surface area (Å²) in [5, 5.41) is 15.2. The van der Waals surface area contributed by atoms with E-state index in [4.69, 9.17) is 0 Å². The van der Waals surface area contributed by atoms with E-state index in [1.54, 1.807) is 12.1 Å². The van der Waals surface area contributed by atoms with Gasteiger partial charge in [0.15, 0.2) is 0 Å². The Kier molecular flexibility index (Phi) is 5.16. The molecule has 0 atom stereocenters. The Morgan fingerprint density at radius 2 is 2.05 bits per heavy atom. The van der Waals surface area contributed by atoms with Gasteiger partial charge < -0.3 is 0 Å². The van der Waals surface area contributed by atoms with Crippen LogP contribution in [-0.4, -0.2) is 10.6 Å². The highest BCUT2D eigenvalue weighted by molar-refractivity contribution is 5.85. The van der Waals surface area contributed by atoms with Crippen LogP contribution in [0.25, 0.3) is 0 Å². The maximum atomic E-state index is 10.8. The van der Waals surface area contributed by atoms with Crippen molar-refractivity contribution in [3.63, 3.8) is 0 Å². The van der Waals surface area contributed by atoms with Gasteiger partial charge in [-0.1, -0.05) is 33.3 Å². The summed E-state index contributed by atoms with van der Waals surface area (Å²) >= 11 is 0. The second kappa shape index (κ2) is 6.90. The molecule has 2 rings (SSSR count). The van der Waals surface area contributed by atoms with Gasteiger partial charge in [0.25, 0.3) is 5.69 Å². The summed E-state index contributed by atoms with van der Waals surface area (Å²) in [6.45, 7) is 6.95. The highest BCUT2D eigenvalue weighted by Crippen LogP contribution is 2.39. The SMILES string of the molecule is CCC(C)(C)C1CCC(=NNc2cccc([N+](=O)[O-])c2)CC1. The molecule has 0 bridgehead atoms. The number of nitro groups is 1. The van der Waals surface area contributed by atoms with Gasteiger partial charge in [0, 0.05) is 17.8 Å². The molecule has 0 saturated heterocycles. The van der Waals surface area contributed by atoms with Gasteiger partial charge in [0.2, 0.25) is 0 Å². The highest BCUT2D eigenvalue weighted by atomic mass is 16.6. The molecule has 0 radical (unpaired) electrons. The minimum atomic E-state index is -0.393. The molecule has 1 aliphatic rings. The molecule has 0 spiro atoms. The van der Waals surface area contributed by atoms with Crippen LogP contribution < -0.4 is 5.43 Å². The zero-order chi connectivity index (χ0) is 16.2. The van der Waals surface area contributed by atoms with E-state index < -0.39 is 4.92 Å². The highest BCUT2D eigenvalue weighted by Gasteiger charge is 2.30. The summed E-state index contributed by atoms with van der Waals surface area (Å²) in [4.78, 5) is 10.4. The van der Waals surface area contributed by atoms with Gasteiger partial charge in [-0.2, -0.15) is 5.10 Å². The van der Waals surface area contributed by atoms with E-state index in [9.17, 15) is 10.1 Å². The van der Waals surface area contributed by atoms with Crippen LogP contribution in [-0.2, 0) is 0 Å². The molecular weight excluding hydrogens is 278 g/mol. The van der Waals surface area contributed by atoms with Crippen molar-refractivity contribution in [2.24, 2.45) is 16.4 Å². The largest absolute Gasteiger partial charge is 0.278 e. The molecule has 1 fully saturated rings. The van der Waals surface area contributed by atoms with Gasteiger partial charge in [-0.15, -0.1) is 0 Å². The van der Waals surface area contributed by atoms with Crippen molar-refractivity contribution in [1.29, 1.82) is 0 Å². The molecule has 5 nitrogen and oxygen atoms in total. The maximum absolute atomic E-state index is 10.8. The number of hydrogen-bond acceptors (Lipinski definition) is 4. The van der Waals surface area contributed by atoms with Crippen molar-refractivity contribution in [2.75, 3.05) is 5.43 Å². The van der Waals surface area contributed by atoms with Gasteiger partial charge >= 0.3 is 0 Å². The average Bonchev–Trinajstić information content (AvgIpc) is 2.53. The monoisotopic (exact) mass is 303 g/mol. The van der Waals surface area contributed by atoms with Crippen LogP contribution in [0.2, 0.25) is 0 Å². The smallest absolute Gasteiger partial charge is 0.271 e. The average molecular weight is 303 g/mol. The molecule has 120 valence electrons. The predicted octanol–water partition coefficient (Wildman–Crippen LogP) is 4.99. The lowest BCUT2D eigenvalue weighted by molar-refractivity contribution is -0.384. The third-order valence-electron chi connectivity index (χ3n) is 4.98. The summed E-state index contributed by atoms with van der Waals surface area (Å²) in [6.07, 6.45) is 5.58.